The maximum absolute atomic E-state index is 12.6. The second kappa shape index (κ2) is 8.12. The molecule has 0 unspecified atom stereocenters. The van der Waals surface area contributed by atoms with Crippen molar-refractivity contribution in [3.8, 4) is 5.75 Å². The Morgan fingerprint density at radius 2 is 1.74 bits per heavy atom. The summed E-state index contributed by atoms with van der Waals surface area (Å²) < 4.78 is 42.7. The Bertz CT molecular complexity index is 946. The molecule has 2 rings (SSSR count). The molecule has 10 heteroatoms. The third-order valence-electron chi connectivity index (χ3n) is 3.48. The van der Waals surface area contributed by atoms with Crippen molar-refractivity contribution in [1.29, 1.82) is 0 Å². The van der Waals surface area contributed by atoms with Gasteiger partial charge in [-0.1, -0.05) is 0 Å². The van der Waals surface area contributed by atoms with Crippen LogP contribution < -0.4 is 15.2 Å². The lowest BCUT2D eigenvalue weighted by atomic mass is 10.1. The van der Waals surface area contributed by atoms with Gasteiger partial charge >= 0.3 is 5.97 Å². The molecule has 0 saturated heterocycles. The van der Waals surface area contributed by atoms with Crippen LogP contribution in [-0.2, 0) is 14.8 Å². The fourth-order valence-corrected chi connectivity index (χ4v) is 3.36. The van der Waals surface area contributed by atoms with E-state index in [0.717, 1.165) is 0 Å². The first-order chi connectivity index (χ1) is 12.7. The van der Waals surface area contributed by atoms with Crippen molar-refractivity contribution in [3.05, 3.63) is 41.2 Å². The predicted molar refractivity (Wildman–Crippen MR) is 96.3 cm³/mol. The smallest absolute Gasteiger partial charge is 0.342 e. The average Bonchev–Trinajstić information content (AvgIpc) is 2.91. The van der Waals surface area contributed by atoms with Crippen molar-refractivity contribution in [2.24, 2.45) is 5.73 Å². The fourth-order valence-electron chi connectivity index (χ4n) is 2.36. The summed E-state index contributed by atoms with van der Waals surface area (Å²) in [6.07, 6.45) is 0. The first kappa shape index (κ1) is 20.3. The van der Waals surface area contributed by atoms with Gasteiger partial charge in [0.25, 0.3) is 15.9 Å². The van der Waals surface area contributed by atoms with Gasteiger partial charge in [0.15, 0.2) is 0 Å². The Kier molecular flexibility index (Phi) is 6.11. The number of carbonyl (C=O) groups is 2. The molecule has 0 aliphatic carbocycles. The van der Waals surface area contributed by atoms with Gasteiger partial charge in [-0.3, -0.25) is 4.79 Å². The molecule has 0 aliphatic rings. The molecule has 1 amide bonds. The summed E-state index contributed by atoms with van der Waals surface area (Å²) in [4.78, 5) is 23.8. The number of ether oxygens (including phenoxy) is 2. The molecule has 0 bridgehead atoms. The van der Waals surface area contributed by atoms with E-state index < -0.39 is 27.8 Å². The molecule has 27 heavy (non-hydrogen) atoms. The summed E-state index contributed by atoms with van der Waals surface area (Å²) >= 11 is 0. The second-order valence-corrected chi connectivity index (χ2v) is 7.01. The van der Waals surface area contributed by atoms with Gasteiger partial charge in [-0.05, 0) is 45.0 Å². The molecule has 2 aromatic rings. The molecule has 0 aliphatic heterocycles. The van der Waals surface area contributed by atoms with Gasteiger partial charge in [0.2, 0.25) is 5.88 Å². The van der Waals surface area contributed by atoms with Gasteiger partial charge < -0.3 is 19.6 Å². The van der Waals surface area contributed by atoms with E-state index in [-0.39, 0.29) is 28.4 Å². The van der Waals surface area contributed by atoms with Crippen LogP contribution in [0.3, 0.4) is 0 Å². The van der Waals surface area contributed by atoms with E-state index in [1.807, 2.05) is 0 Å². The molecule has 1 aromatic carbocycles. The number of amides is 1. The first-order valence-corrected chi connectivity index (χ1v) is 9.55. The number of esters is 1. The lowest BCUT2D eigenvalue weighted by Gasteiger charge is -2.08. The van der Waals surface area contributed by atoms with Crippen molar-refractivity contribution in [2.45, 2.75) is 25.7 Å². The highest BCUT2D eigenvalue weighted by molar-refractivity contribution is 7.92. The molecular weight excluding hydrogens is 376 g/mol. The third kappa shape index (κ3) is 4.40. The van der Waals surface area contributed by atoms with Gasteiger partial charge in [0, 0.05) is 0 Å². The second-order valence-electron chi connectivity index (χ2n) is 5.33. The number of aryl methyl sites for hydroxylation is 1. The number of hydrogen-bond acceptors (Lipinski definition) is 7. The minimum absolute atomic E-state index is 0.00615. The Morgan fingerprint density at radius 3 is 2.26 bits per heavy atom. The van der Waals surface area contributed by atoms with Crippen LogP contribution >= 0.6 is 0 Å². The molecular formula is C17H20N2O7S. The highest BCUT2D eigenvalue weighted by Gasteiger charge is 2.30. The Balaban J connectivity index is 2.42. The standard InChI is InChI=1S/C17H20N2O7S/c1-4-24-11-6-8-12(9-7-11)27(22,23)19-16-14(15(18)20)13(10(3)26-16)17(21)25-5-2/h6-9,19H,4-5H2,1-3H3,(H2,18,20). The summed E-state index contributed by atoms with van der Waals surface area (Å²) in [5.74, 6) is -1.80. The molecule has 1 heterocycles. The van der Waals surface area contributed by atoms with E-state index in [1.165, 1.54) is 31.2 Å². The Morgan fingerprint density at radius 1 is 1.11 bits per heavy atom. The van der Waals surface area contributed by atoms with Crippen molar-refractivity contribution in [1.82, 2.24) is 0 Å². The van der Waals surface area contributed by atoms with Crippen molar-refractivity contribution >= 4 is 27.8 Å². The maximum atomic E-state index is 12.6. The number of nitrogens with one attached hydrogen (secondary N) is 1. The quantitative estimate of drug-likeness (QED) is 0.651. The van der Waals surface area contributed by atoms with Crippen LogP contribution in [0.15, 0.2) is 33.6 Å². The van der Waals surface area contributed by atoms with E-state index in [0.29, 0.717) is 12.4 Å². The predicted octanol–water partition coefficient (Wildman–Crippen LogP) is 2.06. The molecule has 3 N–H and O–H groups in total. The maximum Gasteiger partial charge on any atom is 0.342 e. The number of benzene rings is 1. The highest BCUT2D eigenvalue weighted by Crippen LogP contribution is 2.29. The summed E-state index contributed by atoms with van der Waals surface area (Å²) in [6, 6.07) is 5.65. The monoisotopic (exact) mass is 396 g/mol. The van der Waals surface area contributed by atoms with Crippen LogP contribution in [0.25, 0.3) is 0 Å². The zero-order chi connectivity index (χ0) is 20.2. The number of primary amides is 1. The van der Waals surface area contributed by atoms with Crippen molar-refractivity contribution in [2.75, 3.05) is 17.9 Å². The largest absolute Gasteiger partial charge is 0.494 e. The van der Waals surface area contributed by atoms with Gasteiger partial charge in [-0.25, -0.2) is 17.9 Å². The van der Waals surface area contributed by atoms with Crippen LogP contribution in [-0.4, -0.2) is 33.5 Å². The molecule has 0 atom stereocenters. The van der Waals surface area contributed by atoms with Crippen molar-refractivity contribution < 1.29 is 31.9 Å². The zero-order valence-corrected chi connectivity index (χ0v) is 15.9. The number of anilines is 1. The lowest BCUT2D eigenvalue weighted by Crippen LogP contribution is -2.20. The van der Waals surface area contributed by atoms with Gasteiger partial charge in [-0.15, -0.1) is 0 Å². The van der Waals surface area contributed by atoms with Crippen LogP contribution in [0.2, 0.25) is 0 Å². The molecule has 146 valence electrons. The minimum atomic E-state index is -4.10. The van der Waals surface area contributed by atoms with Crippen LogP contribution in [0.1, 0.15) is 40.3 Å². The summed E-state index contributed by atoms with van der Waals surface area (Å²) in [5.41, 5.74) is 4.71. The van der Waals surface area contributed by atoms with Crippen LogP contribution in [0.4, 0.5) is 5.88 Å². The van der Waals surface area contributed by atoms with E-state index >= 15 is 0 Å². The number of furan rings is 1. The highest BCUT2D eigenvalue weighted by atomic mass is 32.2. The third-order valence-corrected chi connectivity index (χ3v) is 4.83. The van der Waals surface area contributed by atoms with Crippen molar-refractivity contribution in [3.63, 3.8) is 0 Å². The van der Waals surface area contributed by atoms with E-state index in [2.05, 4.69) is 4.72 Å². The topological polar surface area (TPSA) is 138 Å². The van der Waals surface area contributed by atoms with Gasteiger partial charge in [0.1, 0.15) is 22.6 Å². The minimum Gasteiger partial charge on any atom is -0.494 e. The molecule has 0 saturated carbocycles. The Labute approximate surface area is 156 Å². The van der Waals surface area contributed by atoms with E-state index in [9.17, 15) is 18.0 Å². The number of hydrogen-bond donors (Lipinski definition) is 2. The number of sulfonamides is 1. The number of nitrogens with two attached hydrogens (primary N) is 1. The molecule has 1 aromatic heterocycles. The number of rotatable bonds is 8. The zero-order valence-electron chi connectivity index (χ0n) is 15.1. The summed E-state index contributed by atoms with van der Waals surface area (Å²) in [7, 11) is -4.10. The van der Waals surface area contributed by atoms with Crippen LogP contribution in [0.5, 0.6) is 5.75 Å². The lowest BCUT2D eigenvalue weighted by molar-refractivity contribution is 0.0521. The molecule has 0 spiro atoms. The van der Waals surface area contributed by atoms with Crippen LogP contribution in [0, 0.1) is 6.92 Å². The SMILES string of the molecule is CCOC(=O)c1c(C)oc(NS(=O)(=O)c2ccc(OCC)cc2)c1C(N)=O. The molecule has 0 fully saturated rings. The molecule has 0 radical (unpaired) electrons. The first-order valence-electron chi connectivity index (χ1n) is 8.07. The summed E-state index contributed by atoms with van der Waals surface area (Å²) in [6.45, 7) is 5.29. The Hall–Kier alpha value is -3.01. The van der Waals surface area contributed by atoms with Gasteiger partial charge in [0.05, 0.1) is 18.1 Å². The summed E-state index contributed by atoms with van der Waals surface area (Å²) in [5, 5.41) is 0. The average molecular weight is 396 g/mol. The van der Waals surface area contributed by atoms with E-state index in [4.69, 9.17) is 19.6 Å². The van der Waals surface area contributed by atoms with E-state index in [1.54, 1.807) is 13.8 Å². The van der Waals surface area contributed by atoms with Gasteiger partial charge in [-0.2, -0.15) is 0 Å². The normalized spacial score (nSPS) is 11.1. The fraction of sp³-hybridized carbons (Fsp3) is 0.294. The number of carbonyl (C=O) groups excluding carboxylic acids is 2. The molecule has 9 nitrogen and oxygen atoms in total.